The Kier molecular flexibility index (Phi) is 6.67. The molecule has 1 amide bonds. The van der Waals surface area contributed by atoms with Crippen molar-refractivity contribution in [2.75, 3.05) is 23.9 Å². The molecule has 0 aliphatic carbocycles. The van der Waals surface area contributed by atoms with Gasteiger partial charge in [-0.1, -0.05) is 6.92 Å². The maximum Gasteiger partial charge on any atom is 0.309 e. The normalized spacial score (nSPS) is 11.5. The van der Waals surface area contributed by atoms with E-state index in [1.807, 2.05) is 0 Å². The van der Waals surface area contributed by atoms with E-state index >= 15 is 0 Å². The van der Waals surface area contributed by atoms with Gasteiger partial charge in [0.15, 0.2) is 0 Å². The second-order valence-corrected chi connectivity index (χ2v) is 5.32. The Morgan fingerprint density at radius 2 is 2.00 bits per heavy atom. The van der Waals surface area contributed by atoms with Crippen molar-refractivity contribution in [1.82, 2.24) is 0 Å². The fourth-order valence-corrected chi connectivity index (χ4v) is 2.33. The summed E-state index contributed by atoms with van der Waals surface area (Å²) < 4.78 is 4.59. The summed E-state index contributed by atoms with van der Waals surface area (Å²) in [5.41, 5.74) is 0.460. The lowest BCUT2D eigenvalue weighted by Gasteiger charge is -2.08. The van der Waals surface area contributed by atoms with Crippen LogP contribution in [-0.4, -0.2) is 35.4 Å². The number of methoxy groups -OCH3 is 1. The van der Waals surface area contributed by atoms with Crippen LogP contribution in [0.25, 0.3) is 0 Å². The monoisotopic (exact) mass is 312 g/mol. The van der Waals surface area contributed by atoms with Crippen LogP contribution in [0, 0.1) is 16.0 Å². The van der Waals surface area contributed by atoms with E-state index < -0.39 is 4.92 Å². The van der Waals surface area contributed by atoms with E-state index in [-0.39, 0.29) is 29.2 Å². The second-order valence-electron chi connectivity index (χ2n) is 4.29. The Morgan fingerprint density at radius 1 is 1.38 bits per heavy atom. The van der Waals surface area contributed by atoms with Crippen LogP contribution in [0.2, 0.25) is 0 Å². The summed E-state index contributed by atoms with van der Waals surface area (Å²) in [6.07, 6.45) is 0. The Labute approximate surface area is 126 Å². The van der Waals surface area contributed by atoms with E-state index in [1.54, 1.807) is 6.92 Å². The van der Waals surface area contributed by atoms with Gasteiger partial charge in [-0.15, -0.1) is 0 Å². The van der Waals surface area contributed by atoms with Crippen molar-refractivity contribution >= 4 is 35.0 Å². The number of ether oxygens (including phenoxy) is 1. The van der Waals surface area contributed by atoms with Crippen LogP contribution < -0.4 is 5.32 Å². The van der Waals surface area contributed by atoms with Crippen LogP contribution in [0.3, 0.4) is 0 Å². The molecule has 21 heavy (non-hydrogen) atoms. The summed E-state index contributed by atoms with van der Waals surface area (Å²) in [4.78, 5) is 32.8. The highest BCUT2D eigenvalue weighted by atomic mass is 32.2. The first kappa shape index (κ1) is 17.0. The van der Waals surface area contributed by atoms with E-state index in [4.69, 9.17) is 0 Å². The van der Waals surface area contributed by atoms with Gasteiger partial charge in [0.25, 0.3) is 5.69 Å². The predicted molar refractivity (Wildman–Crippen MR) is 80.2 cm³/mol. The summed E-state index contributed by atoms with van der Waals surface area (Å²) in [6.45, 7) is 1.73. The molecule has 1 aromatic carbocycles. The molecule has 1 unspecified atom stereocenters. The van der Waals surface area contributed by atoms with E-state index in [9.17, 15) is 19.7 Å². The number of hydrogen-bond donors (Lipinski definition) is 1. The Balaban J connectivity index is 2.37. The van der Waals surface area contributed by atoms with Gasteiger partial charge in [0.05, 0.1) is 23.7 Å². The quantitative estimate of drug-likeness (QED) is 0.470. The number of benzene rings is 1. The molecule has 0 aliphatic heterocycles. The molecule has 1 atom stereocenters. The first-order valence-electron chi connectivity index (χ1n) is 6.14. The third-order valence-corrected chi connectivity index (χ3v) is 3.77. The van der Waals surface area contributed by atoms with Crippen LogP contribution in [0.1, 0.15) is 6.92 Å². The zero-order valence-electron chi connectivity index (χ0n) is 11.7. The molecule has 0 spiro atoms. The third kappa shape index (κ3) is 5.82. The first-order valence-corrected chi connectivity index (χ1v) is 7.29. The summed E-state index contributed by atoms with van der Waals surface area (Å²) in [5.74, 6) is -0.130. The molecule has 0 fully saturated rings. The van der Waals surface area contributed by atoms with Crippen LogP contribution >= 0.6 is 11.8 Å². The smallest absolute Gasteiger partial charge is 0.309 e. The number of nitro groups is 1. The molecule has 0 aliphatic rings. The molecule has 8 heteroatoms. The van der Waals surface area contributed by atoms with Crippen LogP contribution in [0.15, 0.2) is 24.3 Å². The number of non-ortho nitro benzene ring substituents is 1. The van der Waals surface area contributed by atoms with Gasteiger partial charge >= 0.3 is 5.97 Å². The highest BCUT2D eigenvalue weighted by molar-refractivity contribution is 8.00. The number of rotatable bonds is 7. The molecule has 0 saturated carbocycles. The molecular formula is C13H16N2O5S. The number of thioether (sulfide) groups is 1. The van der Waals surface area contributed by atoms with Crippen molar-refractivity contribution < 1.29 is 19.2 Å². The number of amides is 1. The van der Waals surface area contributed by atoms with Gasteiger partial charge in [0.2, 0.25) is 5.91 Å². The SMILES string of the molecule is COC(=O)C(C)CSCC(=O)Nc1ccc([N+](=O)[O-])cc1. The zero-order valence-corrected chi connectivity index (χ0v) is 12.5. The molecule has 0 aromatic heterocycles. The van der Waals surface area contributed by atoms with E-state index in [2.05, 4.69) is 10.1 Å². The number of carbonyl (C=O) groups excluding carboxylic acids is 2. The number of nitrogens with one attached hydrogen (secondary N) is 1. The van der Waals surface area contributed by atoms with Crippen molar-refractivity contribution in [2.45, 2.75) is 6.92 Å². The summed E-state index contributed by atoms with van der Waals surface area (Å²) in [5, 5.41) is 13.1. The molecule has 0 bridgehead atoms. The maximum atomic E-state index is 11.7. The maximum absolute atomic E-state index is 11.7. The summed E-state index contributed by atoms with van der Waals surface area (Å²) in [7, 11) is 1.32. The Bertz CT molecular complexity index is 518. The Hall–Kier alpha value is -2.09. The minimum Gasteiger partial charge on any atom is -0.469 e. The highest BCUT2D eigenvalue weighted by Gasteiger charge is 2.14. The van der Waals surface area contributed by atoms with Crippen molar-refractivity contribution in [3.8, 4) is 0 Å². The van der Waals surface area contributed by atoms with Crippen molar-refractivity contribution in [3.63, 3.8) is 0 Å². The van der Waals surface area contributed by atoms with Crippen molar-refractivity contribution in [1.29, 1.82) is 0 Å². The van der Waals surface area contributed by atoms with Gasteiger partial charge in [-0.2, -0.15) is 11.8 Å². The summed E-state index contributed by atoms with van der Waals surface area (Å²) >= 11 is 1.32. The lowest BCUT2D eigenvalue weighted by molar-refractivity contribution is -0.384. The molecule has 1 aromatic rings. The number of esters is 1. The van der Waals surface area contributed by atoms with Crippen LogP contribution in [-0.2, 0) is 14.3 Å². The number of nitrogens with zero attached hydrogens (tertiary/aromatic N) is 1. The topological polar surface area (TPSA) is 98.5 Å². The molecular weight excluding hydrogens is 296 g/mol. The minimum absolute atomic E-state index is 0.0331. The van der Waals surface area contributed by atoms with E-state index in [1.165, 1.54) is 43.1 Å². The summed E-state index contributed by atoms with van der Waals surface area (Å²) in [6, 6.07) is 5.58. The average molecular weight is 312 g/mol. The molecule has 1 rings (SSSR count). The lowest BCUT2D eigenvalue weighted by atomic mass is 10.2. The number of anilines is 1. The average Bonchev–Trinajstić information content (AvgIpc) is 2.46. The van der Waals surface area contributed by atoms with E-state index in [0.29, 0.717) is 11.4 Å². The molecule has 7 nitrogen and oxygen atoms in total. The fraction of sp³-hybridized carbons (Fsp3) is 0.385. The molecule has 114 valence electrons. The predicted octanol–water partition coefficient (Wildman–Crippen LogP) is 2.08. The van der Waals surface area contributed by atoms with Gasteiger partial charge in [-0.3, -0.25) is 19.7 Å². The lowest BCUT2D eigenvalue weighted by Crippen LogP contribution is -2.18. The number of hydrogen-bond acceptors (Lipinski definition) is 6. The third-order valence-electron chi connectivity index (χ3n) is 2.57. The van der Waals surface area contributed by atoms with Gasteiger partial charge in [-0.25, -0.2) is 0 Å². The Morgan fingerprint density at radius 3 is 2.52 bits per heavy atom. The minimum atomic E-state index is -0.504. The molecule has 0 radical (unpaired) electrons. The standard InChI is InChI=1S/C13H16N2O5S/c1-9(13(17)20-2)7-21-8-12(16)14-10-3-5-11(6-4-10)15(18)19/h3-6,9H,7-8H2,1-2H3,(H,14,16). The van der Waals surface area contributed by atoms with Gasteiger partial charge in [-0.05, 0) is 12.1 Å². The van der Waals surface area contributed by atoms with Gasteiger partial charge in [0, 0.05) is 23.6 Å². The van der Waals surface area contributed by atoms with Crippen LogP contribution in [0.4, 0.5) is 11.4 Å². The van der Waals surface area contributed by atoms with Gasteiger partial charge in [0.1, 0.15) is 0 Å². The number of nitro benzene ring substituents is 1. The van der Waals surface area contributed by atoms with Gasteiger partial charge < -0.3 is 10.1 Å². The fourth-order valence-electron chi connectivity index (χ4n) is 1.46. The van der Waals surface area contributed by atoms with Crippen molar-refractivity contribution in [2.24, 2.45) is 5.92 Å². The number of carbonyl (C=O) groups is 2. The molecule has 1 N–H and O–H groups in total. The molecule has 0 saturated heterocycles. The second kappa shape index (κ2) is 8.25. The highest BCUT2D eigenvalue weighted by Crippen LogP contribution is 2.16. The largest absolute Gasteiger partial charge is 0.469 e. The van der Waals surface area contributed by atoms with Crippen molar-refractivity contribution in [3.05, 3.63) is 34.4 Å². The first-order chi connectivity index (χ1) is 9.93. The molecule has 0 heterocycles. The zero-order chi connectivity index (χ0) is 15.8. The van der Waals surface area contributed by atoms with E-state index in [0.717, 1.165) is 0 Å². The van der Waals surface area contributed by atoms with Crippen LogP contribution in [0.5, 0.6) is 0 Å².